The summed E-state index contributed by atoms with van der Waals surface area (Å²) in [6.07, 6.45) is 2.47. The van der Waals surface area contributed by atoms with Crippen LogP contribution in [0.1, 0.15) is 43.9 Å². The molecule has 0 aliphatic carbocycles. The van der Waals surface area contributed by atoms with E-state index in [1.807, 2.05) is 6.92 Å². The number of rotatable bonds is 5. The molecule has 15 heavy (non-hydrogen) atoms. The smallest absolute Gasteiger partial charge is 0.328 e. The largest absolute Gasteiger partial charge is 0.480 e. The van der Waals surface area contributed by atoms with E-state index in [2.05, 4.69) is 10.1 Å². The van der Waals surface area contributed by atoms with Crippen LogP contribution in [0.25, 0.3) is 0 Å². The summed E-state index contributed by atoms with van der Waals surface area (Å²) in [7, 11) is 0. The molecule has 0 aromatic carbocycles. The van der Waals surface area contributed by atoms with Gasteiger partial charge in [0.2, 0.25) is 0 Å². The second-order valence-electron chi connectivity index (χ2n) is 3.65. The summed E-state index contributed by atoms with van der Waals surface area (Å²) in [6, 6.07) is -0.578. The Kier molecular flexibility index (Phi) is 3.82. The first-order chi connectivity index (χ1) is 7.06. The van der Waals surface area contributed by atoms with Gasteiger partial charge in [-0.25, -0.2) is 14.5 Å². The molecule has 84 valence electrons. The standard InChI is InChI=1S/C10H17N3O2/c1-4-5-6-9(10(14)15)13-8(3)11-7(2)12-13/h9H,4-6H2,1-3H3,(H,14,15). The van der Waals surface area contributed by atoms with E-state index >= 15 is 0 Å². The molecule has 0 radical (unpaired) electrons. The Morgan fingerprint density at radius 3 is 2.60 bits per heavy atom. The minimum Gasteiger partial charge on any atom is -0.480 e. The zero-order chi connectivity index (χ0) is 11.4. The fourth-order valence-corrected chi connectivity index (χ4v) is 1.58. The van der Waals surface area contributed by atoms with Gasteiger partial charge in [0, 0.05) is 0 Å². The molecule has 5 heteroatoms. The van der Waals surface area contributed by atoms with Crippen molar-refractivity contribution in [3.05, 3.63) is 11.6 Å². The molecule has 1 rings (SSSR count). The van der Waals surface area contributed by atoms with Crippen LogP contribution >= 0.6 is 0 Å². The van der Waals surface area contributed by atoms with E-state index in [-0.39, 0.29) is 0 Å². The molecule has 1 heterocycles. The Morgan fingerprint density at radius 2 is 2.20 bits per heavy atom. The van der Waals surface area contributed by atoms with Gasteiger partial charge < -0.3 is 5.11 Å². The maximum Gasteiger partial charge on any atom is 0.328 e. The minimum absolute atomic E-state index is 0.578. The maximum absolute atomic E-state index is 11.1. The lowest BCUT2D eigenvalue weighted by atomic mass is 10.1. The lowest BCUT2D eigenvalue weighted by molar-refractivity contribution is -0.141. The minimum atomic E-state index is -0.837. The molecule has 1 atom stereocenters. The quantitative estimate of drug-likeness (QED) is 0.805. The molecule has 1 aromatic heterocycles. The van der Waals surface area contributed by atoms with Gasteiger partial charge in [-0.2, -0.15) is 5.10 Å². The number of aryl methyl sites for hydroxylation is 2. The SMILES string of the molecule is CCCCC(C(=O)O)n1nc(C)nc1C. The number of carboxylic acids is 1. The Labute approximate surface area is 89.1 Å². The topological polar surface area (TPSA) is 68.0 Å². The van der Waals surface area contributed by atoms with Crippen molar-refractivity contribution >= 4 is 5.97 Å². The summed E-state index contributed by atoms with van der Waals surface area (Å²) in [5.74, 6) is 0.447. The molecular weight excluding hydrogens is 194 g/mol. The van der Waals surface area contributed by atoms with Gasteiger partial charge in [0.1, 0.15) is 11.6 Å². The van der Waals surface area contributed by atoms with E-state index in [9.17, 15) is 4.79 Å². The lowest BCUT2D eigenvalue weighted by Gasteiger charge is -2.12. The number of hydrogen-bond acceptors (Lipinski definition) is 3. The van der Waals surface area contributed by atoms with Crippen LogP contribution in [-0.2, 0) is 4.79 Å². The second-order valence-corrected chi connectivity index (χ2v) is 3.65. The Bertz CT molecular complexity index is 346. The molecule has 0 spiro atoms. The van der Waals surface area contributed by atoms with Crippen molar-refractivity contribution in [3.63, 3.8) is 0 Å². The molecule has 0 aliphatic heterocycles. The molecule has 0 aliphatic rings. The summed E-state index contributed by atoms with van der Waals surface area (Å²) >= 11 is 0. The van der Waals surface area contributed by atoms with Crippen molar-refractivity contribution < 1.29 is 9.90 Å². The highest BCUT2D eigenvalue weighted by atomic mass is 16.4. The number of aromatic nitrogens is 3. The molecule has 0 saturated carbocycles. The fraction of sp³-hybridized carbons (Fsp3) is 0.700. The molecule has 0 bridgehead atoms. The van der Waals surface area contributed by atoms with Crippen LogP contribution in [-0.4, -0.2) is 25.8 Å². The lowest BCUT2D eigenvalue weighted by Crippen LogP contribution is -2.21. The summed E-state index contributed by atoms with van der Waals surface area (Å²) in [5.41, 5.74) is 0. The molecule has 1 unspecified atom stereocenters. The Balaban J connectivity index is 2.88. The van der Waals surface area contributed by atoms with Gasteiger partial charge in [0.05, 0.1) is 0 Å². The third kappa shape index (κ3) is 2.78. The summed E-state index contributed by atoms with van der Waals surface area (Å²) in [6.45, 7) is 5.59. The summed E-state index contributed by atoms with van der Waals surface area (Å²) in [4.78, 5) is 15.2. The number of carboxylic acid groups (broad SMARTS) is 1. The molecule has 5 nitrogen and oxygen atoms in total. The molecule has 1 N–H and O–H groups in total. The van der Waals surface area contributed by atoms with Crippen molar-refractivity contribution in [2.24, 2.45) is 0 Å². The highest BCUT2D eigenvalue weighted by Gasteiger charge is 2.22. The van der Waals surface area contributed by atoms with E-state index in [1.54, 1.807) is 13.8 Å². The average molecular weight is 211 g/mol. The maximum atomic E-state index is 11.1. The van der Waals surface area contributed by atoms with Crippen LogP contribution in [0.5, 0.6) is 0 Å². The number of hydrogen-bond donors (Lipinski definition) is 1. The summed E-state index contributed by atoms with van der Waals surface area (Å²) in [5, 5.41) is 13.2. The summed E-state index contributed by atoms with van der Waals surface area (Å²) < 4.78 is 1.51. The van der Waals surface area contributed by atoms with Crippen molar-refractivity contribution in [3.8, 4) is 0 Å². The number of unbranched alkanes of at least 4 members (excludes halogenated alkanes) is 1. The van der Waals surface area contributed by atoms with Crippen LogP contribution in [0.3, 0.4) is 0 Å². The molecule has 0 saturated heterocycles. The molecule has 1 aromatic rings. The molecule has 0 fully saturated rings. The third-order valence-corrected chi connectivity index (χ3v) is 2.32. The van der Waals surface area contributed by atoms with Crippen LogP contribution in [0, 0.1) is 13.8 Å². The van der Waals surface area contributed by atoms with Crippen molar-refractivity contribution in [2.45, 2.75) is 46.1 Å². The molecular formula is C10H17N3O2. The van der Waals surface area contributed by atoms with Gasteiger partial charge in [0.25, 0.3) is 0 Å². The van der Waals surface area contributed by atoms with E-state index in [0.29, 0.717) is 18.1 Å². The Hall–Kier alpha value is -1.39. The van der Waals surface area contributed by atoms with E-state index in [4.69, 9.17) is 5.11 Å². The normalized spacial score (nSPS) is 12.7. The zero-order valence-electron chi connectivity index (χ0n) is 9.40. The first-order valence-electron chi connectivity index (χ1n) is 5.18. The van der Waals surface area contributed by atoms with Gasteiger partial charge >= 0.3 is 5.97 Å². The predicted octanol–water partition coefficient (Wildman–Crippen LogP) is 1.71. The van der Waals surface area contributed by atoms with Crippen LogP contribution in [0.2, 0.25) is 0 Å². The Morgan fingerprint density at radius 1 is 1.53 bits per heavy atom. The first-order valence-corrected chi connectivity index (χ1v) is 5.18. The van der Waals surface area contributed by atoms with Gasteiger partial charge in [-0.1, -0.05) is 19.8 Å². The number of carbonyl (C=O) groups is 1. The average Bonchev–Trinajstić information content (AvgIpc) is 2.46. The fourth-order valence-electron chi connectivity index (χ4n) is 1.58. The monoisotopic (exact) mass is 211 g/mol. The van der Waals surface area contributed by atoms with Crippen molar-refractivity contribution in [1.82, 2.24) is 14.8 Å². The number of aliphatic carboxylic acids is 1. The predicted molar refractivity (Wildman–Crippen MR) is 55.7 cm³/mol. The van der Waals surface area contributed by atoms with E-state index in [1.165, 1.54) is 4.68 Å². The first kappa shape index (κ1) is 11.7. The van der Waals surface area contributed by atoms with Crippen molar-refractivity contribution in [1.29, 1.82) is 0 Å². The zero-order valence-corrected chi connectivity index (χ0v) is 9.40. The van der Waals surface area contributed by atoms with E-state index < -0.39 is 12.0 Å². The van der Waals surface area contributed by atoms with Crippen LogP contribution in [0.4, 0.5) is 0 Å². The van der Waals surface area contributed by atoms with Crippen LogP contribution in [0.15, 0.2) is 0 Å². The number of nitrogens with zero attached hydrogens (tertiary/aromatic N) is 3. The van der Waals surface area contributed by atoms with E-state index in [0.717, 1.165) is 12.8 Å². The van der Waals surface area contributed by atoms with Gasteiger partial charge in [0.15, 0.2) is 6.04 Å². The second kappa shape index (κ2) is 4.91. The van der Waals surface area contributed by atoms with Crippen molar-refractivity contribution in [2.75, 3.05) is 0 Å². The van der Waals surface area contributed by atoms with Gasteiger partial charge in [-0.05, 0) is 20.3 Å². The van der Waals surface area contributed by atoms with Crippen LogP contribution < -0.4 is 0 Å². The van der Waals surface area contributed by atoms with Gasteiger partial charge in [-0.3, -0.25) is 0 Å². The third-order valence-electron chi connectivity index (χ3n) is 2.32. The van der Waals surface area contributed by atoms with Gasteiger partial charge in [-0.15, -0.1) is 0 Å². The highest BCUT2D eigenvalue weighted by molar-refractivity contribution is 5.71. The highest BCUT2D eigenvalue weighted by Crippen LogP contribution is 2.16. The molecule has 0 amide bonds.